The zero-order chi connectivity index (χ0) is 42.2. The van der Waals surface area contributed by atoms with Crippen LogP contribution in [0.3, 0.4) is 0 Å². The number of nitro benzene ring substituents is 2. The number of carbonyl (C=O) groups excluding carboxylic acids is 2. The van der Waals surface area contributed by atoms with Crippen LogP contribution in [0.1, 0.15) is 134 Å². The van der Waals surface area contributed by atoms with Crippen LogP contribution >= 0.6 is 0 Å². The van der Waals surface area contributed by atoms with Gasteiger partial charge in [-0.05, 0) is 123 Å². The molecule has 12 nitrogen and oxygen atoms in total. The molecule has 0 atom stereocenters. The van der Waals surface area contributed by atoms with Crippen molar-refractivity contribution in [3.63, 3.8) is 0 Å². The van der Waals surface area contributed by atoms with E-state index in [-0.39, 0.29) is 33.8 Å². The first-order valence-corrected chi connectivity index (χ1v) is 20.3. The van der Waals surface area contributed by atoms with Crippen LogP contribution in [0.5, 0.6) is 23.0 Å². The zero-order valence-corrected chi connectivity index (χ0v) is 34.6. The van der Waals surface area contributed by atoms with Gasteiger partial charge in [0.15, 0.2) is 0 Å². The summed E-state index contributed by atoms with van der Waals surface area (Å²) >= 11 is 0. The average Bonchev–Trinajstić information content (AvgIpc) is 3.18. The van der Waals surface area contributed by atoms with Gasteiger partial charge in [0.2, 0.25) is 11.5 Å². The molecule has 0 aromatic heterocycles. The van der Waals surface area contributed by atoms with Crippen molar-refractivity contribution in [2.45, 2.75) is 119 Å². The third-order valence-corrected chi connectivity index (χ3v) is 10.1. The van der Waals surface area contributed by atoms with Gasteiger partial charge in [-0.1, -0.05) is 78.1 Å². The molecule has 0 radical (unpaired) electrons. The van der Waals surface area contributed by atoms with Gasteiger partial charge >= 0.3 is 23.3 Å². The fourth-order valence-corrected chi connectivity index (χ4v) is 7.09. The predicted octanol–water partition coefficient (Wildman–Crippen LogP) is 12.3. The fourth-order valence-electron chi connectivity index (χ4n) is 7.09. The molecule has 0 bridgehead atoms. The van der Waals surface area contributed by atoms with Crippen molar-refractivity contribution in [1.82, 2.24) is 0 Å². The van der Waals surface area contributed by atoms with Gasteiger partial charge in [-0.25, -0.2) is 9.59 Å². The molecular weight excluding hydrogens is 741 g/mol. The van der Waals surface area contributed by atoms with Gasteiger partial charge in [0.1, 0.15) is 11.5 Å². The maximum absolute atomic E-state index is 13.2. The van der Waals surface area contributed by atoms with E-state index in [1.54, 1.807) is 62.4 Å². The Morgan fingerprint density at radius 3 is 1.17 bits per heavy atom. The highest BCUT2D eigenvalue weighted by molar-refractivity contribution is 5.94. The lowest BCUT2D eigenvalue weighted by molar-refractivity contribution is -0.386. The molecule has 0 aliphatic rings. The summed E-state index contributed by atoms with van der Waals surface area (Å²) in [6.07, 6.45) is 13.7. The summed E-state index contributed by atoms with van der Waals surface area (Å²) in [5, 5.41) is 25.0. The Morgan fingerprint density at radius 1 is 0.517 bits per heavy atom. The third kappa shape index (κ3) is 12.1. The highest BCUT2D eigenvalue weighted by Gasteiger charge is 2.32. The lowest BCUT2D eigenvalue weighted by Gasteiger charge is -2.19. The Kier molecular flexibility index (Phi) is 17.2. The molecule has 0 aliphatic carbocycles. The van der Waals surface area contributed by atoms with E-state index in [9.17, 15) is 29.8 Å². The molecule has 0 spiro atoms. The van der Waals surface area contributed by atoms with Crippen molar-refractivity contribution < 1.29 is 38.4 Å². The number of rotatable bonds is 23. The molecular formula is C46H56N2O10. The topological polar surface area (TPSA) is 157 Å². The van der Waals surface area contributed by atoms with Gasteiger partial charge in [-0.2, -0.15) is 0 Å². The van der Waals surface area contributed by atoms with Crippen molar-refractivity contribution >= 4 is 23.3 Å². The number of aryl methyl sites for hydroxylation is 2. The summed E-state index contributed by atoms with van der Waals surface area (Å²) in [7, 11) is 0. The van der Waals surface area contributed by atoms with E-state index in [4.69, 9.17) is 18.9 Å². The van der Waals surface area contributed by atoms with E-state index >= 15 is 0 Å². The standard InChI is InChI=1S/C46H56N2O10/c1-7-9-11-13-15-17-27-55-37-23-19-35(20-24-37)45(49)57-39-29-31(3)41(33(5)43(39)47(51)52)42-32(4)30-40(44(34(42)6)48(53)54)58-46(50)36-21-25-38(26-22-36)56-28-18-16-14-12-10-8-2/h19-26,29-30H,7-18,27-28H2,1-6H3. The molecule has 4 rings (SSSR count). The first-order chi connectivity index (χ1) is 27.9. The maximum Gasteiger partial charge on any atom is 0.343 e. The molecule has 0 amide bonds. The Balaban J connectivity index is 1.51. The smallest absolute Gasteiger partial charge is 0.343 e. The summed E-state index contributed by atoms with van der Waals surface area (Å²) in [6, 6.07) is 15.6. The van der Waals surface area contributed by atoms with Gasteiger partial charge in [0.25, 0.3) is 0 Å². The molecule has 0 N–H and O–H groups in total. The Bertz CT molecular complexity index is 1890. The first kappa shape index (κ1) is 44.9. The number of benzene rings is 4. The van der Waals surface area contributed by atoms with Crippen LogP contribution in [-0.2, 0) is 0 Å². The van der Waals surface area contributed by atoms with Crippen molar-refractivity contribution in [2.24, 2.45) is 0 Å². The first-order valence-electron chi connectivity index (χ1n) is 20.3. The number of hydrogen-bond donors (Lipinski definition) is 0. The van der Waals surface area contributed by atoms with E-state index in [1.165, 1.54) is 77.3 Å². The van der Waals surface area contributed by atoms with Gasteiger partial charge in [-0.3, -0.25) is 20.2 Å². The van der Waals surface area contributed by atoms with Crippen molar-refractivity contribution in [1.29, 1.82) is 0 Å². The van der Waals surface area contributed by atoms with Gasteiger partial charge in [0.05, 0.1) is 34.2 Å². The molecule has 0 aliphatic heterocycles. The second kappa shape index (κ2) is 22.2. The van der Waals surface area contributed by atoms with E-state index in [0.717, 1.165) is 25.7 Å². The quantitative estimate of drug-likeness (QED) is 0.0232. The van der Waals surface area contributed by atoms with Crippen LogP contribution in [0.2, 0.25) is 0 Å². The van der Waals surface area contributed by atoms with E-state index < -0.39 is 33.2 Å². The molecule has 0 saturated heterocycles. The molecule has 0 saturated carbocycles. The molecule has 0 heterocycles. The van der Waals surface area contributed by atoms with E-state index in [2.05, 4.69) is 13.8 Å². The summed E-state index contributed by atoms with van der Waals surface area (Å²) in [4.78, 5) is 50.2. The van der Waals surface area contributed by atoms with Crippen LogP contribution in [0.25, 0.3) is 11.1 Å². The SMILES string of the molecule is CCCCCCCCOc1ccc(C(=O)Oc2cc(C)c(-c3c(C)cc(OC(=O)c4ccc(OCCCCCCCC)cc4)c([N+](=O)[O-])c3C)c(C)c2[N+](=O)[O-])cc1. The van der Waals surface area contributed by atoms with Crippen LogP contribution in [0, 0.1) is 47.9 Å². The van der Waals surface area contributed by atoms with Crippen molar-refractivity contribution in [3.8, 4) is 34.1 Å². The Hall–Kier alpha value is -5.78. The Morgan fingerprint density at radius 2 is 0.845 bits per heavy atom. The molecule has 58 heavy (non-hydrogen) atoms. The van der Waals surface area contributed by atoms with Gasteiger partial charge in [0, 0.05) is 11.1 Å². The monoisotopic (exact) mass is 796 g/mol. The summed E-state index contributed by atoms with van der Waals surface area (Å²) in [6.45, 7) is 11.9. The normalized spacial score (nSPS) is 10.9. The number of unbranched alkanes of at least 4 members (excludes halogenated alkanes) is 10. The van der Waals surface area contributed by atoms with Crippen LogP contribution in [0.4, 0.5) is 11.4 Å². The van der Waals surface area contributed by atoms with Gasteiger partial charge in [-0.15, -0.1) is 0 Å². The van der Waals surface area contributed by atoms with Crippen molar-refractivity contribution in [2.75, 3.05) is 13.2 Å². The molecule has 4 aromatic carbocycles. The van der Waals surface area contributed by atoms with E-state index in [0.29, 0.717) is 47.0 Å². The molecule has 310 valence electrons. The predicted molar refractivity (Wildman–Crippen MR) is 225 cm³/mol. The van der Waals surface area contributed by atoms with Gasteiger partial charge < -0.3 is 18.9 Å². The number of nitrogens with zero attached hydrogens (tertiary/aromatic N) is 2. The Labute approximate surface area is 341 Å². The number of hydrogen-bond acceptors (Lipinski definition) is 10. The maximum atomic E-state index is 13.2. The average molecular weight is 797 g/mol. The second-order valence-electron chi connectivity index (χ2n) is 14.7. The lowest BCUT2D eigenvalue weighted by atomic mass is 9.87. The summed E-state index contributed by atoms with van der Waals surface area (Å²) < 4.78 is 22.8. The minimum atomic E-state index is -0.790. The lowest BCUT2D eigenvalue weighted by Crippen LogP contribution is -2.12. The van der Waals surface area contributed by atoms with Crippen LogP contribution in [0.15, 0.2) is 60.7 Å². The minimum Gasteiger partial charge on any atom is -0.494 e. The zero-order valence-electron chi connectivity index (χ0n) is 34.6. The highest BCUT2D eigenvalue weighted by atomic mass is 16.6. The van der Waals surface area contributed by atoms with Crippen LogP contribution in [-0.4, -0.2) is 35.0 Å². The summed E-state index contributed by atoms with van der Waals surface area (Å²) in [5.41, 5.74) is 1.44. The van der Waals surface area contributed by atoms with Crippen LogP contribution < -0.4 is 18.9 Å². The number of nitro groups is 2. The summed E-state index contributed by atoms with van der Waals surface area (Å²) in [5.74, 6) is -0.891. The largest absolute Gasteiger partial charge is 0.494 e. The number of carbonyl (C=O) groups is 2. The molecule has 0 unspecified atom stereocenters. The molecule has 4 aromatic rings. The molecule has 0 fully saturated rings. The second-order valence-corrected chi connectivity index (χ2v) is 14.7. The minimum absolute atomic E-state index is 0.148. The highest BCUT2D eigenvalue weighted by Crippen LogP contribution is 2.46. The van der Waals surface area contributed by atoms with Crippen molar-refractivity contribution in [3.05, 3.63) is 114 Å². The van der Waals surface area contributed by atoms with E-state index in [1.807, 2.05) is 0 Å². The third-order valence-electron chi connectivity index (χ3n) is 10.1. The number of ether oxygens (including phenoxy) is 4. The fraction of sp³-hybridized carbons (Fsp3) is 0.435. The molecule has 12 heteroatoms. The number of esters is 2.